The van der Waals surface area contributed by atoms with Crippen LogP contribution in [0.5, 0.6) is 5.75 Å². The van der Waals surface area contributed by atoms with E-state index in [1.165, 1.54) is 4.31 Å². The molecule has 0 aliphatic carbocycles. The molecule has 1 heterocycles. The van der Waals surface area contributed by atoms with Crippen molar-refractivity contribution in [3.8, 4) is 5.75 Å². The maximum Gasteiger partial charge on any atom is 0.243 e. The molecule has 1 saturated heterocycles. The summed E-state index contributed by atoms with van der Waals surface area (Å²) in [4.78, 5) is 0.288. The van der Waals surface area contributed by atoms with Gasteiger partial charge in [-0.25, -0.2) is 8.42 Å². The fourth-order valence-electron chi connectivity index (χ4n) is 2.34. The van der Waals surface area contributed by atoms with Gasteiger partial charge in [-0.2, -0.15) is 4.31 Å². The predicted molar refractivity (Wildman–Crippen MR) is 88.5 cm³/mol. The maximum atomic E-state index is 12.6. The molecule has 5 nitrogen and oxygen atoms in total. The van der Waals surface area contributed by atoms with Gasteiger partial charge in [-0.3, -0.25) is 0 Å². The smallest absolute Gasteiger partial charge is 0.243 e. The number of halogens is 2. The normalized spacial score (nSPS) is 17.3. The number of nitrogens with zero attached hydrogens (tertiary/aromatic N) is 1. The topological polar surface area (TPSA) is 72.6 Å². The van der Waals surface area contributed by atoms with Gasteiger partial charge in [0, 0.05) is 13.1 Å². The Morgan fingerprint density at radius 3 is 2.48 bits per heavy atom. The number of benzene rings is 1. The van der Waals surface area contributed by atoms with Crippen molar-refractivity contribution in [2.45, 2.75) is 17.7 Å². The lowest BCUT2D eigenvalue weighted by molar-refractivity contribution is 0.278. The molecule has 1 aliphatic rings. The number of hydrogen-bond donors (Lipinski definition) is 1. The zero-order valence-electron chi connectivity index (χ0n) is 11.8. The van der Waals surface area contributed by atoms with Crippen LogP contribution in [-0.4, -0.2) is 39.5 Å². The van der Waals surface area contributed by atoms with Crippen molar-refractivity contribution in [3.63, 3.8) is 0 Å². The highest BCUT2D eigenvalue weighted by molar-refractivity contribution is 9.10. The second-order valence-corrected chi connectivity index (χ2v) is 7.67. The summed E-state index contributed by atoms with van der Waals surface area (Å²) in [5.74, 6) is 1.05. The van der Waals surface area contributed by atoms with Crippen LogP contribution in [0.3, 0.4) is 0 Å². The Balaban J connectivity index is 0.00000220. The van der Waals surface area contributed by atoms with Crippen molar-refractivity contribution in [2.75, 3.05) is 26.7 Å². The van der Waals surface area contributed by atoms with E-state index >= 15 is 0 Å². The molecule has 120 valence electrons. The van der Waals surface area contributed by atoms with Crippen LogP contribution in [0.15, 0.2) is 27.6 Å². The molecule has 0 unspecified atom stereocenters. The van der Waals surface area contributed by atoms with Crippen LogP contribution in [0.2, 0.25) is 0 Å². The number of piperidine rings is 1. The molecule has 2 rings (SSSR count). The van der Waals surface area contributed by atoms with Gasteiger partial charge in [0.25, 0.3) is 0 Å². The molecular formula is C13H20BrClN2O3S. The van der Waals surface area contributed by atoms with Crippen LogP contribution in [0.25, 0.3) is 0 Å². The predicted octanol–water partition coefficient (Wildman–Crippen LogP) is 2.24. The molecule has 0 saturated carbocycles. The van der Waals surface area contributed by atoms with Gasteiger partial charge in [0.15, 0.2) is 0 Å². The first kappa shape index (κ1) is 18.7. The molecule has 0 atom stereocenters. The van der Waals surface area contributed by atoms with Gasteiger partial charge in [0.2, 0.25) is 10.0 Å². The Bertz CT molecular complexity index is 575. The lowest BCUT2D eigenvalue weighted by atomic mass is 9.99. The Labute approximate surface area is 140 Å². The summed E-state index contributed by atoms with van der Waals surface area (Å²) in [7, 11) is -1.89. The van der Waals surface area contributed by atoms with E-state index in [1.807, 2.05) is 0 Å². The minimum Gasteiger partial charge on any atom is -0.496 e. The van der Waals surface area contributed by atoms with E-state index in [-0.39, 0.29) is 17.3 Å². The molecule has 1 aromatic carbocycles. The largest absolute Gasteiger partial charge is 0.496 e. The number of methoxy groups -OCH3 is 1. The lowest BCUT2D eigenvalue weighted by Gasteiger charge is -2.30. The van der Waals surface area contributed by atoms with E-state index in [0.29, 0.717) is 35.8 Å². The summed E-state index contributed by atoms with van der Waals surface area (Å²) < 4.78 is 32.4. The van der Waals surface area contributed by atoms with Crippen LogP contribution in [-0.2, 0) is 10.0 Å². The van der Waals surface area contributed by atoms with Crippen molar-refractivity contribution in [1.82, 2.24) is 4.31 Å². The number of nitrogens with two attached hydrogens (primary N) is 1. The average molecular weight is 400 g/mol. The Morgan fingerprint density at radius 2 is 2.00 bits per heavy atom. The van der Waals surface area contributed by atoms with Crippen molar-refractivity contribution >= 4 is 38.4 Å². The van der Waals surface area contributed by atoms with Gasteiger partial charge in [-0.1, -0.05) is 0 Å². The van der Waals surface area contributed by atoms with Crippen molar-refractivity contribution in [3.05, 3.63) is 22.7 Å². The summed E-state index contributed by atoms with van der Waals surface area (Å²) in [5, 5.41) is 0. The molecule has 8 heteroatoms. The van der Waals surface area contributed by atoms with Gasteiger partial charge in [-0.15, -0.1) is 12.4 Å². The van der Waals surface area contributed by atoms with Gasteiger partial charge in [0.05, 0.1) is 16.5 Å². The van der Waals surface area contributed by atoms with Crippen molar-refractivity contribution in [2.24, 2.45) is 11.7 Å². The molecule has 1 fully saturated rings. The first-order valence-corrected chi connectivity index (χ1v) is 8.76. The molecule has 0 bridgehead atoms. The highest BCUT2D eigenvalue weighted by Gasteiger charge is 2.29. The molecule has 0 amide bonds. The van der Waals surface area contributed by atoms with Crippen LogP contribution < -0.4 is 10.5 Å². The van der Waals surface area contributed by atoms with E-state index in [4.69, 9.17) is 10.5 Å². The molecule has 21 heavy (non-hydrogen) atoms. The standard InChI is InChI=1S/C13H19BrN2O3S.ClH/c1-19-13-3-2-11(8-12(13)14)20(17,18)16-6-4-10(9-15)5-7-16;/h2-3,8,10H,4-7,9,15H2,1H3;1H. The second-order valence-electron chi connectivity index (χ2n) is 4.88. The number of hydrogen-bond acceptors (Lipinski definition) is 4. The zero-order valence-corrected chi connectivity index (χ0v) is 15.0. The molecule has 1 aromatic rings. The minimum absolute atomic E-state index is 0. The second kappa shape index (κ2) is 7.78. The average Bonchev–Trinajstić information content (AvgIpc) is 2.47. The number of sulfonamides is 1. The van der Waals surface area contributed by atoms with E-state index in [2.05, 4.69) is 15.9 Å². The number of ether oxygens (including phenoxy) is 1. The lowest BCUT2D eigenvalue weighted by Crippen LogP contribution is -2.40. The summed E-state index contributed by atoms with van der Waals surface area (Å²) in [6.45, 7) is 1.70. The van der Waals surface area contributed by atoms with Gasteiger partial charge < -0.3 is 10.5 Å². The highest BCUT2D eigenvalue weighted by atomic mass is 79.9. The third-order valence-corrected chi connectivity index (χ3v) is 6.18. The quantitative estimate of drug-likeness (QED) is 0.843. The summed E-state index contributed by atoms with van der Waals surface area (Å²) in [6.07, 6.45) is 1.65. The SMILES string of the molecule is COc1ccc(S(=O)(=O)N2CCC(CN)CC2)cc1Br.Cl. The molecule has 0 aromatic heterocycles. The number of rotatable bonds is 4. The molecule has 0 spiro atoms. The Kier molecular flexibility index (Phi) is 6.93. The first-order valence-electron chi connectivity index (χ1n) is 6.52. The summed E-state index contributed by atoms with van der Waals surface area (Å²) in [5.41, 5.74) is 5.63. The van der Waals surface area contributed by atoms with Gasteiger partial charge >= 0.3 is 0 Å². The monoisotopic (exact) mass is 398 g/mol. The van der Waals surface area contributed by atoms with Crippen molar-refractivity contribution < 1.29 is 13.2 Å². The maximum absolute atomic E-state index is 12.6. The molecule has 0 radical (unpaired) electrons. The molecule has 1 aliphatic heterocycles. The third kappa shape index (κ3) is 4.10. The Hall–Kier alpha value is -0.340. The Morgan fingerprint density at radius 1 is 1.38 bits per heavy atom. The van der Waals surface area contributed by atoms with Gasteiger partial charge in [0.1, 0.15) is 5.75 Å². The van der Waals surface area contributed by atoms with Crippen LogP contribution in [0.4, 0.5) is 0 Å². The van der Waals surface area contributed by atoms with Crippen LogP contribution in [0, 0.1) is 5.92 Å². The van der Waals surface area contributed by atoms with E-state index in [9.17, 15) is 8.42 Å². The van der Waals surface area contributed by atoms with Crippen LogP contribution >= 0.6 is 28.3 Å². The van der Waals surface area contributed by atoms with Crippen molar-refractivity contribution in [1.29, 1.82) is 0 Å². The molecular weight excluding hydrogens is 380 g/mol. The fraction of sp³-hybridized carbons (Fsp3) is 0.538. The minimum atomic E-state index is -3.43. The highest BCUT2D eigenvalue weighted by Crippen LogP contribution is 2.30. The van der Waals surface area contributed by atoms with E-state index in [1.54, 1.807) is 25.3 Å². The van der Waals surface area contributed by atoms with Crippen LogP contribution in [0.1, 0.15) is 12.8 Å². The van der Waals surface area contributed by atoms with Gasteiger partial charge in [-0.05, 0) is 59.4 Å². The third-order valence-electron chi connectivity index (χ3n) is 3.67. The fourth-order valence-corrected chi connectivity index (χ4v) is 4.53. The van der Waals surface area contributed by atoms with E-state index < -0.39 is 10.0 Å². The molecule has 2 N–H and O–H groups in total. The summed E-state index contributed by atoms with van der Waals surface area (Å²) >= 11 is 3.32. The van der Waals surface area contributed by atoms with E-state index in [0.717, 1.165) is 12.8 Å². The first-order chi connectivity index (χ1) is 9.48. The zero-order chi connectivity index (χ0) is 14.8. The summed E-state index contributed by atoms with van der Waals surface area (Å²) in [6, 6.07) is 4.82.